The molecule has 0 saturated carbocycles. The molecule has 0 aromatic heterocycles. The van der Waals surface area contributed by atoms with Crippen molar-refractivity contribution >= 4 is 28.7 Å². The highest BCUT2D eigenvalue weighted by Crippen LogP contribution is 2.16. The standard InChI is InChI=1S/C6H6N3O2S/c10-4-3(8-6(11)9-4)5-7-1-2-12-5/h3H,1-2H2,(H,8,11). The maximum absolute atomic E-state index is 11.0. The molecular formula is C6H6N3O2S. The van der Waals surface area contributed by atoms with E-state index in [0.717, 1.165) is 12.3 Å². The molecule has 1 saturated heterocycles. The summed E-state index contributed by atoms with van der Waals surface area (Å²) in [6, 6.07) is -1.15. The summed E-state index contributed by atoms with van der Waals surface area (Å²) in [6.45, 7) is 0.722. The van der Waals surface area contributed by atoms with Gasteiger partial charge in [0.15, 0.2) is 6.04 Å². The van der Waals surface area contributed by atoms with Crippen molar-refractivity contribution in [3.63, 3.8) is 0 Å². The number of hydrogen-bond acceptors (Lipinski definition) is 4. The van der Waals surface area contributed by atoms with Gasteiger partial charge in [-0.1, -0.05) is 0 Å². The molecule has 1 fully saturated rings. The Morgan fingerprint density at radius 1 is 1.50 bits per heavy atom. The van der Waals surface area contributed by atoms with Crippen LogP contribution in [-0.4, -0.2) is 35.3 Å². The predicted octanol–water partition coefficient (Wildman–Crippen LogP) is -0.646. The Morgan fingerprint density at radius 2 is 2.33 bits per heavy atom. The van der Waals surface area contributed by atoms with Gasteiger partial charge in [-0.05, 0) is 0 Å². The number of carbonyl (C=O) groups excluding carboxylic acids is 2. The molecule has 6 heteroatoms. The minimum absolute atomic E-state index is 0.423. The number of nitrogens with one attached hydrogen (secondary N) is 1. The molecule has 2 heterocycles. The summed E-state index contributed by atoms with van der Waals surface area (Å²) in [5.74, 6) is 0.461. The summed E-state index contributed by atoms with van der Waals surface area (Å²) >= 11 is 1.50. The monoisotopic (exact) mass is 184 g/mol. The van der Waals surface area contributed by atoms with E-state index in [-0.39, 0.29) is 0 Å². The minimum atomic E-state index is -0.593. The number of rotatable bonds is 1. The zero-order valence-electron chi connectivity index (χ0n) is 6.11. The first kappa shape index (κ1) is 7.60. The second-order valence-corrected chi connectivity index (χ2v) is 3.52. The second kappa shape index (κ2) is 2.78. The van der Waals surface area contributed by atoms with Crippen molar-refractivity contribution < 1.29 is 9.59 Å². The van der Waals surface area contributed by atoms with Gasteiger partial charge in [0, 0.05) is 12.3 Å². The summed E-state index contributed by atoms with van der Waals surface area (Å²) in [7, 11) is 0. The number of imide groups is 1. The summed E-state index contributed by atoms with van der Waals surface area (Å²) in [5.41, 5.74) is 0. The van der Waals surface area contributed by atoms with Crippen molar-refractivity contribution in [1.82, 2.24) is 10.6 Å². The van der Waals surface area contributed by atoms with Crippen LogP contribution in [0.3, 0.4) is 0 Å². The molecule has 0 aromatic rings. The molecule has 0 aliphatic carbocycles. The van der Waals surface area contributed by atoms with E-state index in [1.165, 1.54) is 11.8 Å². The third-order valence-corrected chi connectivity index (χ3v) is 2.63. The second-order valence-electron chi connectivity index (χ2n) is 2.40. The lowest BCUT2D eigenvalue weighted by atomic mass is 10.3. The lowest BCUT2D eigenvalue weighted by Gasteiger charge is -2.03. The first-order valence-electron chi connectivity index (χ1n) is 3.50. The molecule has 2 rings (SSSR count). The first-order chi connectivity index (χ1) is 5.77. The molecule has 1 atom stereocenters. The van der Waals surface area contributed by atoms with Crippen LogP contribution in [0.25, 0.3) is 0 Å². The SMILES string of the molecule is O=C1[N]C(=O)C(C2=NCCS2)N1. The van der Waals surface area contributed by atoms with Crippen molar-refractivity contribution in [2.45, 2.75) is 6.04 Å². The largest absolute Gasteiger partial charge is 0.345 e. The summed E-state index contributed by atoms with van der Waals surface area (Å²) in [5, 5.41) is 6.36. The number of aliphatic imine (C=N–C) groups is 1. The maximum Gasteiger partial charge on any atom is 0.345 e. The number of thioether (sulfide) groups is 1. The minimum Gasteiger partial charge on any atom is -0.318 e. The van der Waals surface area contributed by atoms with E-state index < -0.39 is 18.0 Å². The van der Waals surface area contributed by atoms with Gasteiger partial charge in [0.2, 0.25) is 0 Å². The van der Waals surface area contributed by atoms with E-state index in [1.807, 2.05) is 0 Å². The Hall–Kier alpha value is -1.04. The zero-order valence-corrected chi connectivity index (χ0v) is 6.93. The van der Waals surface area contributed by atoms with Crippen LogP contribution in [0, 0.1) is 0 Å². The van der Waals surface area contributed by atoms with Gasteiger partial charge in [0.25, 0.3) is 5.91 Å². The van der Waals surface area contributed by atoms with Crippen LogP contribution in [0.2, 0.25) is 0 Å². The van der Waals surface area contributed by atoms with Crippen molar-refractivity contribution in [3.05, 3.63) is 0 Å². The molecule has 2 aliphatic heterocycles. The summed E-state index contributed by atoms with van der Waals surface area (Å²) in [4.78, 5) is 25.8. The Kier molecular flexibility index (Phi) is 1.76. The van der Waals surface area contributed by atoms with Gasteiger partial charge < -0.3 is 5.32 Å². The fourth-order valence-electron chi connectivity index (χ4n) is 1.08. The topological polar surface area (TPSA) is 72.6 Å². The van der Waals surface area contributed by atoms with Crippen molar-refractivity contribution in [3.8, 4) is 0 Å². The van der Waals surface area contributed by atoms with E-state index in [1.54, 1.807) is 0 Å². The van der Waals surface area contributed by atoms with Gasteiger partial charge in [0.05, 0.1) is 5.04 Å². The van der Waals surface area contributed by atoms with E-state index >= 15 is 0 Å². The molecule has 0 aromatic carbocycles. The van der Waals surface area contributed by atoms with Gasteiger partial charge >= 0.3 is 6.03 Å². The lowest BCUT2D eigenvalue weighted by molar-refractivity contribution is -0.119. The van der Waals surface area contributed by atoms with Crippen LogP contribution >= 0.6 is 11.8 Å². The predicted molar refractivity (Wildman–Crippen MR) is 44.2 cm³/mol. The number of amides is 3. The van der Waals surface area contributed by atoms with Crippen LogP contribution in [-0.2, 0) is 4.79 Å². The number of urea groups is 1. The van der Waals surface area contributed by atoms with Gasteiger partial charge in [-0.25, -0.2) is 4.79 Å². The van der Waals surface area contributed by atoms with Crippen molar-refractivity contribution in [2.75, 3.05) is 12.3 Å². The highest BCUT2D eigenvalue weighted by Gasteiger charge is 2.36. The molecule has 0 bridgehead atoms. The van der Waals surface area contributed by atoms with Crippen LogP contribution in [0.5, 0.6) is 0 Å². The highest BCUT2D eigenvalue weighted by molar-refractivity contribution is 8.14. The molecule has 12 heavy (non-hydrogen) atoms. The smallest absolute Gasteiger partial charge is 0.318 e. The van der Waals surface area contributed by atoms with Gasteiger partial charge in [-0.2, -0.15) is 5.32 Å². The molecule has 1 N–H and O–H groups in total. The van der Waals surface area contributed by atoms with E-state index in [2.05, 4.69) is 15.6 Å². The Bertz CT molecular complexity index is 276. The molecule has 3 amide bonds. The summed E-state index contributed by atoms with van der Waals surface area (Å²) < 4.78 is 0. The third kappa shape index (κ3) is 1.18. The number of nitrogens with zero attached hydrogens (tertiary/aromatic N) is 2. The van der Waals surface area contributed by atoms with Crippen LogP contribution < -0.4 is 10.6 Å². The Labute approximate surface area is 73.0 Å². The lowest BCUT2D eigenvalue weighted by Crippen LogP contribution is -2.34. The Morgan fingerprint density at radius 3 is 2.83 bits per heavy atom. The quantitative estimate of drug-likeness (QED) is 0.550. The van der Waals surface area contributed by atoms with Crippen LogP contribution in [0.15, 0.2) is 4.99 Å². The van der Waals surface area contributed by atoms with Crippen LogP contribution in [0.4, 0.5) is 4.79 Å². The average molecular weight is 184 g/mol. The molecule has 63 valence electrons. The normalized spacial score (nSPS) is 28.3. The first-order valence-corrected chi connectivity index (χ1v) is 4.49. The van der Waals surface area contributed by atoms with E-state index in [9.17, 15) is 9.59 Å². The van der Waals surface area contributed by atoms with E-state index in [0.29, 0.717) is 5.04 Å². The van der Waals surface area contributed by atoms with Crippen molar-refractivity contribution in [2.24, 2.45) is 4.99 Å². The number of carbonyl (C=O) groups is 2. The fraction of sp³-hybridized carbons (Fsp3) is 0.500. The van der Waals surface area contributed by atoms with Gasteiger partial charge in [-0.3, -0.25) is 9.79 Å². The highest BCUT2D eigenvalue weighted by atomic mass is 32.2. The molecule has 1 unspecified atom stereocenters. The maximum atomic E-state index is 11.0. The third-order valence-electron chi connectivity index (χ3n) is 1.58. The number of hydrogen-bond donors (Lipinski definition) is 1. The molecule has 0 spiro atoms. The summed E-state index contributed by atoms with van der Waals surface area (Å²) in [6.07, 6.45) is 0. The van der Waals surface area contributed by atoms with Gasteiger partial charge in [-0.15, -0.1) is 11.8 Å². The fourth-order valence-corrected chi connectivity index (χ4v) is 1.98. The van der Waals surface area contributed by atoms with E-state index in [4.69, 9.17) is 0 Å². The van der Waals surface area contributed by atoms with Crippen LogP contribution in [0.1, 0.15) is 0 Å². The average Bonchev–Trinajstić information content (AvgIpc) is 2.58. The molecule has 5 nitrogen and oxygen atoms in total. The Balaban J connectivity index is 2.13. The molecule has 2 aliphatic rings. The molecular weight excluding hydrogens is 178 g/mol. The van der Waals surface area contributed by atoms with Crippen molar-refractivity contribution in [1.29, 1.82) is 0 Å². The van der Waals surface area contributed by atoms with Gasteiger partial charge in [0.1, 0.15) is 0 Å². The zero-order chi connectivity index (χ0) is 8.55. The molecule has 1 radical (unpaired) electrons.